The molecule has 1 saturated heterocycles. The number of ether oxygens (including phenoxy) is 2. The molecule has 0 saturated carbocycles. The van der Waals surface area contributed by atoms with E-state index in [1.165, 1.54) is 53.9 Å². The Balaban J connectivity index is 1.49. The minimum absolute atomic E-state index is 0.0419. The second-order valence-electron chi connectivity index (χ2n) is 8.95. The van der Waals surface area contributed by atoms with Crippen LogP contribution in [-0.4, -0.2) is 43.9 Å². The van der Waals surface area contributed by atoms with E-state index in [1.54, 1.807) is 22.8 Å². The number of halogens is 3. The molecule has 0 spiro atoms. The highest BCUT2D eigenvalue weighted by Crippen LogP contribution is 2.41. The van der Waals surface area contributed by atoms with Gasteiger partial charge in [-0.05, 0) is 60.4 Å². The van der Waals surface area contributed by atoms with Crippen LogP contribution in [-0.2, 0) is 16.6 Å². The van der Waals surface area contributed by atoms with Crippen molar-refractivity contribution in [2.45, 2.75) is 30.1 Å². The summed E-state index contributed by atoms with van der Waals surface area (Å²) in [7, 11) is -2.27. The molecule has 5 rings (SSSR count). The topological polar surface area (TPSA) is 77.8 Å². The number of aromatic nitrogens is 1. The number of rotatable bonds is 5. The number of methoxy groups -OCH3 is 1. The molecule has 7 nitrogen and oxygen atoms in total. The smallest absolute Gasteiger partial charge is 0.497 e. The molecule has 1 aromatic heterocycles. The molecule has 0 unspecified atom stereocenters. The molecule has 2 aliphatic heterocycles. The molecule has 1 fully saturated rings. The van der Waals surface area contributed by atoms with Crippen molar-refractivity contribution in [3.05, 3.63) is 76.7 Å². The molecule has 36 heavy (non-hydrogen) atoms. The molecule has 0 aliphatic carbocycles. The Kier molecular flexibility index (Phi) is 6.08. The van der Waals surface area contributed by atoms with Crippen LogP contribution in [0.4, 0.5) is 13.2 Å². The fraction of sp³-hybridized carbons (Fsp3) is 0.320. The molecular formula is C25H23F3N2O5S. The van der Waals surface area contributed by atoms with Crippen LogP contribution in [0.1, 0.15) is 18.0 Å². The monoisotopic (exact) mass is 520 g/mol. The zero-order chi connectivity index (χ0) is 25.7. The van der Waals surface area contributed by atoms with Crippen LogP contribution in [0.15, 0.2) is 70.4 Å². The highest BCUT2D eigenvalue weighted by Gasteiger charge is 2.40. The molecule has 3 aromatic rings. The van der Waals surface area contributed by atoms with Crippen LogP contribution in [0.25, 0.3) is 11.1 Å². The third-order valence-electron chi connectivity index (χ3n) is 6.65. The minimum Gasteiger partial charge on any atom is -0.497 e. The Morgan fingerprint density at radius 2 is 1.56 bits per heavy atom. The van der Waals surface area contributed by atoms with E-state index in [2.05, 4.69) is 4.74 Å². The zero-order valence-electron chi connectivity index (χ0n) is 19.2. The zero-order valence-corrected chi connectivity index (χ0v) is 20.1. The maximum absolute atomic E-state index is 13.4. The van der Waals surface area contributed by atoms with Crippen molar-refractivity contribution in [2.24, 2.45) is 5.92 Å². The largest absolute Gasteiger partial charge is 0.573 e. The van der Waals surface area contributed by atoms with E-state index >= 15 is 0 Å². The van der Waals surface area contributed by atoms with Gasteiger partial charge < -0.3 is 14.0 Å². The number of sulfonamides is 1. The van der Waals surface area contributed by atoms with Gasteiger partial charge in [0, 0.05) is 42.9 Å². The normalized spacial score (nSPS) is 20.0. The van der Waals surface area contributed by atoms with Gasteiger partial charge in [0.25, 0.3) is 5.56 Å². The molecule has 0 amide bonds. The maximum atomic E-state index is 13.4. The molecular weight excluding hydrogens is 497 g/mol. The van der Waals surface area contributed by atoms with Crippen molar-refractivity contribution >= 4 is 10.0 Å². The van der Waals surface area contributed by atoms with Crippen LogP contribution < -0.4 is 15.0 Å². The molecule has 0 N–H and O–H groups in total. The summed E-state index contributed by atoms with van der Waals surface area (Å²) in [5.74, 6) is -0.0860. The van der Waals surface area contributed by atoms with Gasteiger partial charge in [-0.2, -0.15) is 4.31 Å². The number of hydrogen-bond acceptors (Lipinski definition) is 5. The quantitative estimate of drug-likeness (QED) is 0.503. The van der Waals surface area contributed by atoms with Gasteiger partial charge in [-0.25, -0.2) is 8.42 Å². The van der Waals surface area contributed by atoms with Gasteiger partial charge >= 0.3 is 6.36 Å². The van der Waals surface area contributed by atoms with Crippen LogP contribution >= 0.6 is 0 Å². The Morgan fingerprint density at radius 1 is 0.889 bits per heavy atom. The summed E-state index contributed by atoms with van der Waals surface area (Å²) in [6, 6.07) is 14.7. The molecule has 0 radical (unpaired) electrons. The predicted octanol–water partition coefficient (Wildman–Crippen LogP) is 4.23. The van der Waals surface area contributed by atoms with Gasteiger partial charge in [-0.1, -0.05) is 12.1 Å². The van der Waals surface area contributed by atoms with Crippen LogP contribution in [0.3, 0.4) is 0 Å². The summed E-state index contributed by atoms with van der Waals surface area (Å²) in [5, 5.41) is 0. The number of fused-ring (bicyclic) bond motifs is 4. The first-order valence-electron chi connectivity index (χ1n) is 11.3. The highest BCUT2D eigenvalue weighted by atomic mass is 32.2. The number of benzene rings is 2. The van der Waals surface area contributed by atoms with Crippen LogP contribution in [0.2, 0.25) is 0 Å². The van der Waals surface area contributed by atoms with Crippen molar-refractivity contribution < 1.29 is 31.1 Å². The summed E-state index contributed by atoms with van der Waals surface area (Å²) in [6.07, 6.45) is -4.09. The lowest BCUT2D eigenvalue weighted by Crippen LogP contribution is -2.49. The average Bonchev–Trinajstić information content (AvgIpc) is 2.84. The lowest BCUT2D eigenvalue weighted by Gasteiger charge is -2.42. The van der Waals surface area contributed by atoms with E-state index in [0.717, 1.165) is 0 Å². The first-order valence-corrected chi connectivity index (χ1v) is 12.7. The fourth-order valence-electron chi connectivity index (χ4n) is 5.14. The van der Waals surface area contributed by atoms with Crippen molar-refractivity contribution in [3.63, 3.8) is 0 Å². The predicted molar refractivity (Wildman–Crippen MR) is 125 cm³/mol. The number of pyridine rings is 1. The van der Waals surface area contributed by atoms with Gasteiger partial charge in [-0.15, -0.1) is 13.2 Å². The van der Waals surface area contributed by atoms with E-state index in [9.17, 15) is 26.4 Å². The molecule has 2 aromatic carbocycles. The molecule has 2 atom stereocenters. The van der Waals surface area contributed by atoms with E-state index < -0.39 is 16.4 Å². The first kappa shape index (κ1) is 24.4. The van der Waals surface area contributed by atoms with E-state index in [1.807, 2.05) is 0 Å². The second kappa shape index (κ2) is 8.97. The molecule has 190 valence electrons. The second-order valence-corrected chi connectivity index (χ2v) is 10.9. The number of piperidine rings is 1. The Morgan fingerprint density at radius 3 is 2.19 bits per heavy atom. The molecule has 2 aliphatic rings. The number of alkyl halides is 3. The molecule has 11 heteroatoms. The summed E-state index contributed by atoms with van der Waals surface area (Å²) in [4.78, 5) is 12.9. The summed E-state index contributed by atoms with van der Waals surface area (Å²) in [6.45, 7) is 0.851. The lowest BCUT2D eigenvalue weighted by atomic mass is 9.81. The minimum atomic E-state index is -4.79. The average molecular weight is 521 g/mol. The summed E-state index contributed by atoms with van der Waals surface area (Å²) >= 11 is 0. The van der Waals surface area contributed by atoms with Gasteiger partial charge in [0.05, 0.1) is 12.0 Å². The van der Waals surface area contributed by atoms with Gasteiger partial charge in [0.15, 0.2) is 0 Å². The fourth-order valence-corrected chi connectivity index (χ4v) is 6.71. The summed E-state index contributed by atoms with van der Waals surface area (Å²) in [5.41, 5.74) is 1.80. The third kappa shape index (κ3) is 4.60. The summed E-state index contributed by atoms with van der Waals surface area (Å²) < 4.78 is 76.7. The van der Waals surface area contributed by atoms with E-state index in [-0.39, 0.29) is 34.6 Å². The van der Waals surface area contributed by atoms with Crippen molar-refractivity contribution in [1.29, 1.82) is 0 Å². The van der Waals surface area contributed by atoms with Crippen LogP contribution in [0, 0.1) is 5.92 Å². The van der Waals surface area contributed by atoms with Gasteiger partial charge in [0.2, 0.25) is 10.0 Å². The van der Waals surface area contributed by atoms with Gasteiger partial charge in [0.1, 0.15) is 11.5 Å². The Labute approximate surface area is 205 Å². The van der Waals surface area contributed by atoms with Crippen molar-refractivity contribution in [3.8, 4) is 22.6 Å². The Hall–Kier alpha value is -3.31. The van der Waals surface area contributed by atoms with Gasteiger partial charge in [-0.3, -0.25) is 4.79 Å². The standard InChI is InChI=1S/C25H23F3N2O5S/c1-34-19-6-8-21(9-7-19)36(32,33)29-13-16-12-18(15-29)24-22(10-11-23(31)30(24)14-16)17-2-4-20(5-3-17)35-25(26,27)28/h2-11,16,18H,12-15H2,1H3/t16-,18+/m0/s1. The lowest BCUT2D eigenvalue weighted by molar-refractivity contribution is -0.274. The maximum Gasteiger partial charge on any atom is 0.573 e. The van der Waals surface area contributed by atoms with E-state index in [4.69, 9.17) is 4.74 Å². The molecule has 2 bridgehead atoms. The Bertz CT molecular complexity index is 1430. The van der Waals surface area contributed by atoms with Crippen LogP contribution in [0.5, 0.6) is 11.5 Å². The number of nitrogens with zero attached hydrogens (tertiary/aromatic N) is 2. The SMILES string of the molecule is COc1ccc(S(=O)(=O)N2C[C@@H]3C[C@H](C2)c2c(-c4ccc(OC(F)(F)F)cc4)ccc(=O)n2C3)cc1. The van der Waals surface area contributed by atoms with Crippen molar-refractivity contribution in [1.82, 2.24) is 8.87 Å². The molecule has 3 heterocycles. The van der Waals surface area contributed by atoms with E-state index in [0.29, 0.717) is 42.1 Å². The first-order chi connectivity index (χ1) is 17.0. The highest BCUT2D eigenvalue weighted by molar-refractivity contribution is 7.89. The third-order valence-corrected chi connectivity index (χ3v) is 8.50. The number of hydrogen-bond donors (Lipinski definition) is 0. The van der Waals surface area contributed by atoms with Crippen molar-refractivity contribution in [2.75, 3.05) is 20.2 Å².